The lowest BCUT2D eigenvalue weighted by Gasteiger charge is -2.27. The van der Waals surface area contributed by atoms with Crippen LogP contribution in [0.3, 0.4) is 0 Å². The van der Waals surface area contributed by atoms with Gasteiger partial charge in [0.15, 0.2) is 0 Å². The van der Waals surface area contributed by atoms with Gasteiger partial charge in [0, 0.05) is 31.5 Å². The molecular formula is C15H23ClN2O2. The van der Waals surface area contributed by atoms with E-state index in [9.17, 15) is 4.79 Å². The Hall–Kier alpha value is -1.26. The van der Waals surface area contributed by atoms with E-state index in [2.05, 4.69) is 0 Å². The Kier molecular flexibility index (Phi) is 6.30. The normalized spacial score (nSPS) is 18.2. The molecule has 1 fully saturated rings. The Balaban J connectivity index is 0.00000200. The summed E-state index contributed by atoms with van der Waals surface area (Å²) in [6, 6.07) is 5.47. The van der Waals surface area contributed by atoms with E-state index in [4.69, 9.17) is 10.5 Å². The quantitative estimate of drug-likeness (QED) is 0.872. The van der Waals surface area contributed by atoms with Crippen LogP contribution in [0, 0.1) is 12.8 Å². The van der Waals surface area contributed by atoms with Crippen molar-refractivity contribution in [3.63, 3.8) is 0 Å². The lowest BCUT2D eigenvalue weighted by atomic mass is 10.0. The molecule has 1 saturated heterocycles. The second-order valence-corrected chi connectivity index (χ2v) is 5.34. The fourth-order valence-electron chi connectivity index (χ4n) is 2.50. The van der Waals surface area contributed by atoms with Crippen LogP contribution >= 0.6 is 12.4 Å². The minimum absolute atomic E-state index is 0. The van der Waals surface area contributed by atoms with Crippen molar-refractivity contribution in [3.8, 4) is 0 Å². The monoisotopic (exact) mass is 298 g/mol. The number of aryl methyl sites for hydroxylation is 1. The molecule has 0 radical (unpaired) electrons. The highest BCUT2D eigenvalue weighted by molar-refractivity contribution is 5.96. The summed E-state index contributed by atoms with van der Waals surface area (Å²) in [5.74, 6) is 0.486. The van der Waals surface area contributed by atoms with Crippen LogP contribution in [0.2, 0.25) is 0 Å². The number of hydrogen-bond donors (Lipinski definition) is 1. The first-order chi connectivity index (χ1) is 9.08. The zero-order valence-electron chi connectivity index (χ0n) is 12.1. The summed E-state index contributed by atoms with van der Waals surface area (Å²) in [4.78, 5) is 14.2. The topological polar surface area (TPSA) is 55.6 Å². The minimum Gasteiger partial charge on any atom is -0.399 e. The number of ether oxygens (including phenoxy) is 1. The molecule has 5 heteroatoms. The summed E-state index contributed by atoms with van der Waals surface area (Å²) >= 11 is 0. The maximum absolute atomic E-state index is 12.4. The van der Waals surface area contributed by atoms with E-state index in [0.717, 1.165) is 38.2 Å². The van der Waals surface area contributed by atoms with Crippen LogP contribution in [0.25, 0.3) is 0 Å². The van der Waals surface area contributed by atoms with Gasteiger partial charge in [-0.05, 0) is 43.4 Å². The molecule has 1 atom stereocenters. The van der Waals surface area contributed by atoms with Crippen LogP contribution in [-0.4, -0.2) is 37.6 Å². The lowest BCUT2D eigenvalue weighted by molar-refractivity contribution is 0.0388. The van der Waals surface area contributed by atoms with Crippen molar-refractivity contribution in [3.05, 3.63) is 29.3 Å². The zero-order valence-corrected chi connectivity index (χ0v) is 12.9. The second-order valence-electron chi connectivity index (χ2n) is 5.34. The Morgan fingerprint density at radius 1 is 1.50 bits per heavy atom. The number of halogens is 1. The van der Waals surface area contributed by atoms with Crippen molar-refractivity contribution in [1.82, 2.24) is 4.90 Å². The first kappa shape index (κ1) is 16.8. The molecule has 20 heavy (non-hydrogen) atoms. The van der Waals surface area contributed by atoms with Crippen molar-refractivity contribution in [2.45, 2.75) is 19.8 Å². The van der Waals surface area contributed by atoms with E-state index in [1.54, 1.807) is 11.0 Å². The molecule has 4 nitrogen and oxygen atoms in total. The molecule has 1 aromatic carbocycles. The highest BCUT2D eigenvalue weighted by Crippen LogP contribution is 2.18. The number of nitrogen functional groups attached to an aromatic ring is 1. The molecule has 1 heterocycles. The fourth-order valence-corrected chi connectivity index (χ4v) is 2.50. The molecule has 1 aromatic rings. The zero-order chi connectivity index (χ0) is 13.8. The van der Waals surface area contributed by atoms with E-state index in [1.807, 2.05) is 26.1 Å². The first-order valence-corrected chi connectivity index (χ1v) is 6.77. The fraction of sp³-hybridized carbons (Fsp3) is 0.533. The van der Waals surface area contributed by atoms with Gasteiger partial charge in [-0.2, -0.15) is 0 Å². The predicted molar refractivity (Wildman–Crippen MR) is 83.3 cm³/mol. The van der Waals surface area contributed by atoms with Gasteiger partial charge in [0.25, 0.3) is 5.91 Å². The van der Waals surface area contributed by atoms with Crippen LogP contribution in [0.4, 0.5) is 5.69 Å². The van der Waals surface area contributed by atoms with Gasteiger partial charge in [0.2, 0.25) is 0 Å². The molecule has 2 N–H and O–H groups in total. The standard InChI is InChI=1S/C15H22N2O2.ClH/c1-11-5-6-13(16)8-14(11)15(18)17(2)9-12-4-3-7-19-10-12;/h5-6,8,12H,3-4,7,9-10,16H2,1-2H3;1H. The maximum Gasteiger partial charge on any atom is 0.253 e. The van der Waals surface area contributed by atoms with Crippen molar-refractivity contribution < 1.29 is 9.53 Å². The minimum atomic E-state index is 0. The van der Waals surface area contributed by atoms with Gasteiger partial charge >= 0.3 is 0 Å². The Morgan fingerprint density at radius 3 is 2.90 bits per heavy atom. The van der Waals surface area contributed by atoms with Gasteiger partial charge < -0.3 is 15.4 Å². The number of amides is 1. The van der Waals surface area contributed by atoms with Crippen molar-refractivity contribution in [2.24, 2.45) is 5.92 Å². The first-order valence-electron chi connectivity index (χ1n) is 6.77. The molecule has 2 rings (SSSR count). The predicted octanol–water partition coefficient (Wildman–Crippen LogP) is 2.50. The van der Waals surface area contributed by atoms with Crippen molar-refractivity contribution in [1.29, 1.82) is 0 Å². The SMILES string of the molecule is Cc1ccc(N)cc1C(=O)N(C)CC1CCCOC1.Cl. The average Bonchev–Trinajstić information content (AvgIpc) is 2.42. The molecule has 1 amide bonds. The number of nitrogens with zero attached hydrogens (tertiary/aromatic N) is 1. The van der Waals surface area contributed by atoms with E-state index in [-0.39, 0.29) is 18.3 Å². The summed E-state index contributed by atoms with van der Waals surface area (Å²) in [5, 5.41) is 0. The third kappa shape index (κ3) is 4.12. The largest absolute Gasteiger partial charge is 0.399 e. The van der Waals surface area contributed by atoms with Gasteiger partial charge in [0.1, 0.15) is 0 Å². The van der Waals surface area contributed by atoms with Crippen LogP contribution in [0.5, 0.6) is 0 Å². The Bertz CT molecular complexity index is 459. The highest BCUT2D eigenvalue weighted by Gasteiger charge is 2.20. The molecular weight excluding hydrogens is 276 g/mol. The molecule has 0 bridgehead atoms. The average molecular weight is 299 g/mol. The Morgan fingerprint density at radius 2 is 2.25 bits per heavy atom. The number of hydrogen-bond acceptors (Lipinski definition) is 3. The summed E-state index contributed by atoms with van der Waals surface area (Å²) in [6.45, 7) is 4.29. The number of carbonyl (C=O) groups excluding carboxylic acids is 1. The third-order valence-corrected chi connectivity index (χ3v) is 3.63. The molecule has 1 unspecified atom stereocenters. The summed E-state index contributed by atoms with van der Waals surface area (Å²) in [5.41, 5.74) is 8.04. The van der Waals surface area contributed by atoms with Gasteiger partial charge in [-0.25, -0.2) is 0 Å². The summed E-state index contributed by atoms with van der Waals surface area (Å²) < 4.78 is 5.45. The number of rotatable bonds is 3. The Labute approximate surface area is 126 Å². The van der Waals surface area contributed by atoms with Crippen LogP contribution in [0.1, 0.15) is 28.8 Å². The van der Waals surface area contributed by atoms with Crippen LogP contribution in [-0.2, 0) is 4.74 Å². The molecule has 0 spiro atoms. The van der Waals surface area contributed by atoms with Crippen LogP contribution in [0.15, 0.2) is 18.2 Å². The van der Waals surface area contributed by atoms with Crippen molar-refractivity contribution in [2.75, 3.05) is 32.5 Å². The summed E-state index contributed by atoms with van der Waals surface area (Å²) in [6.07, 6.45) is 2.22. The van der Waals surface area contributed by atoms with E-state index in [0.29, 0.717) is 17.2 Å². The number of carbonyl (C=O) groups is 1. The van der Waals surface area contributed by atoms with Gasteiger partial charge in [-0.3, -0.25) is 4.79 Å². The third-order valence-electron chi connectivity index (χ3n) is 3.63. The second kappa shape index (κ2) is 7.50. The number of anilines is 1. The summed E-state index contributed by atoms with van der Waals surface area (Å²) in [7, 11) is 1.85. The van der Waals surface area contributed by atoms with E-state index >= 15 is 0 Å². The smallest absolute Gasteiger partial charge is 0.253 e. The highest BCUT2D eigenvalue weighted by atomic mass is 35.5. The van der Waals surface area contributed by atoms with Crippen LogP contribution < -0.4 is 5.73 Å². The number of benzene rings is 1. The molecule has 1 aliphatic rings. The molecule has 0 aliphatic carbocycles. The molecule has 0 saturated carbocycles. The maximum atomic E-state index is 12.4. The van der Waals surface area contributed by atoms with Gasteiger partial charge in [-0.15, -0.1) is 12.4 Å². The van der Waals surface area contributed by atoms with Gasteiger partial charge in [0.05, 0.1) is 6.61 Å². The molecule has 1 aliphatic heterocycles. The van der Waals surface area contributed by atoms with E-state index in [1.165, 1.54) is 0 Å². The molecule has 112 valence electrons. The number of nitrogens with two attached hydrogens (primary N) is 1. The lowest BCUT2D eigenvalue weighted by Crippen LogP contribution is -2.35. The molecule has 0 aromatic heterocycles. The van der Waals surface area contributed by atoms with Crippen molar-refractivity contribution >= 4 is 24.0 Å². The van der Waals surface area contributed by atoms with E-state index < -0.39 is 0 Å². The van der Waals surface area contributed by atoms with Gasteiger partial charge in [-0.1, -0.05) is 6.07 Å².